The van der Waals surface area contributed by atoms with Gasteiger partial charge in [-0.25, -0.2) is 0 Å². The van der Waals surface area contributed by atoms with E-state index in [1.54, 1.807) is 6.92 Å². The van der Waals surface area contributed by atoms with Crippen LogP contribution in [0.3, 0.4) is 0 Å². The Morgan fingerprint density at radius 1 is 1.41 bits per heavy atom. The van der Waals surface area contributed by atoms with Crippen LogP contribution in [-0.2, 0) is 11.3 Å². The zero-order valence-corrected chi connectivity index (χ0v) is 12.9. The van der Waals surface area contributed by atoms with Crippen molar-refractivity contribution in [2.24, 2.45) is 5.41 Å². The molecule has 116 valence electrons. The first kappa shape index (κ1) is 14.8. The first-order valence-corrected chi connectivity index (χ1v) is 7.45. The molecule has 0 saturated carbocycles. The van der Waals surface area contributed by atoms with Crippen molar-refractivity contribution in [1.82, 2.24) is 10.1 Å². The van der Waals surface area contributed by atoms with E-state index in [1.165, 1.54) is 5.56 Å². The average Bonchev–Trinajstić information content (AvgIpc) is 3.08. The van der Waals surface area contributed by atoms with Crippen LogP contribution < -0.4 is 0 Å². The van der Waals surface area contributed by atoms with Crippen molar-refractivity contribution >= 4 is 5.97 Å². The smallest absolute Gasteiger partial charge is 0.310 e. The van der Waals surface area contributed by atoms with Gasteiger partial charge in [0, 0.05) is 18.2 Å². The fraction of sp³-hybridized carbons (Fsp3) is 0.412. The minimum atomic E-state index is -0.729. The minimum Gasteiger partial charge on any atom is -0.481 e. The summed E-state index contributed by atoms with van der Waals surface area (Å²) in [4.78, 5) is 13.4. The molecule has 1 atom stereocenters. The van der Waals surface area contributed by atoms with E-state index < -0.39 is 11.4 Å². The Morgan fingerprint density at radius 2 is 2.14 bits per heavy atom. The second kappa shape index (κ2) is 5.57. The number of aliphatic carboxylic acids is 1. The fourth-order valence-electron chi connectivity index (χ4n) is 2.83. The summed E-state index contributed by atoms with van der Waals surface area (Å²) in [6, 6.07) is 10.1. The molecule has 1 aromatic carbocycles. The lowest BCUT2D eigenvalue weighted by Crippen LogP contribution is -2.31. The predicted molar refractivity (Wildman–Crippen MR) is 82.3 cm³/mol. The molecule has 1 aromatic heterocycles. The Labute approximate surface area is 129 Å². The number of hydrogen-bond acceptors (Lipinski definition) is 4. The molecule has 1 aliphatic rings. The van der Waals surface area contributed by atoms with Crippen molar-refractivity contribution in [2.75, 3.05) is 13.1 Å². The van der Waals surface area contributed by atoms with Crippen LogP contribution in [0.2, 0.25) is 0 Å². The Bertz CT molecular complexity index is 677. The van der Waals surface area contributed by atoms with Gasteiger partial charge < -0.3 is 9.63 Å². The molecular formula is C17H20N2O3. The Hall–Kier alpha value is -2.14. The van der Waals surface area contributed by atoms with Gasteiger partial charge in [-0.15, -0.1) is 0 Å². The third-order valence-electron chi connectivity index (χ3n) is 4.35. The highest BCUT2D eigenvalue weighted by Crippen LogP contribution is 2.31. The first-order valence-electron chi connectivity index (χ1n) is 7.45. The third-order valence-corrected chi connectivity index (χ3v) is 4.35. The maximum atomic E-state index is 11.3. The topological polar surface area (TPSA) is 66.6 Å². The number of carboxylic acid groups (broad SMARTS) is 1. The number of aromatic nitrogens is 1. The maximum absolute atomic E-state index is 11.3. The van der Waals surface area contributed by atoms with Gasteiger partial charge in [0.15, 0.2) is 5.76 Å². The van der Waals surface area contributed by atoms with E-state index in [0.717, 1.165) is 23.6 Å². The molecule has 1 N–H and O–H groups in total. The number of hydrogen-bond donors (Lipinski definition) is 1. The van der Waals surface area contributed by atoms with Crippen LogP contribution in [0.5, 0.6) is 0 Å². The molecule has 0 aliphatic carbocycles. The summed E-state index contributed by atoms with van der Waals surface area (Å²) in [5.74, 6) is 0.0399. The zero-order chi connectivity index (χ0) is 15.7. The molecule has 0 bridgehead atoms. The van der Waals surface area contributed by atoms with Gasteiger partial charge in [0.05, 0.1) is 12.0 Å². The lowest BCUT2D eigenvalue weighted by molar-refractivity contribution is -0.147. The summed E-state index contributed by atoms with van der Waals surface area (Å²) in [6.07, 6.45) is 0.668. The van der Waals surface area contributed by atoms with Crippen LogP contribution >= 0.6 is 0 Å². The van der Waals surface area contributed by atoms with Gasteiger partial charge in [-0.2, -0.15) is 0 Å². The number of benzene rings is 1. The first-order chi connectivity index (χ1) is 10.5. The summed E-state index contributed by atoms with van der Waals surface area (Å²) in [7, 11) is 0. The number of rotatable bonds is 4. The maximum Gasteiger partial charge on any atom is 0.310 e. The Kier molecular flexibility index (Phi) is 3.74. The van der Waals surface area contributed by atoms with Gasteiger partial charge in [0.1, 0.15) is 5.69 Å². The molecule has 3 rings (SSSR count). The van der Waals surface area contributed by atoms with Crippen molar-refractivity contribution < 1.29 is 14.4 Å². The summed E-state index contributed by atoms with van der Waals surface area (Å²) >= 11 is 0. The standard InChI is InChI=1S/C17H20N2O3/c1-12-3-5-13(6-4-12)15-9-14(22-18-15)10-19-8-7-17(2,11-19)16(20)21/h3-6,9H,7-8,10-11H2,1-2H3,(H,20,21). The van der Waals surface area contributed by atoms with Crippen LogP contribution in [0.1, 0.15) is 24.7 Å². The van der Waals surface area contributed by atoms with E-state index in [-0.39, 0.29) is 0 Å². The fourth-order valence-corrected chi connectivity index (χ4v) is 2.83. The SMILES string of the molecule is Cc1ccc(-c2cc(CN3CCC(C)(C(=O)O)C3)on2)cc1. The largest absolute Gasteiger partial charge is 0.481 e. The number of carbonyl (C=O) groups is 1. The van der Waals surface area contributed by atoms with Crippen molar-refractivity contribution in [2.45, 2.75) is 26.8 Å². The van der Waals surface area contributed by atoms with E-state index in [2.05, 4.69) is 10.1 Å². The lowest BCUT2D eigenvalue weighted by atomic mass is 9.90. The monoisotopic (exact) mass is 300 g/mol. The van der Waals surface area contributed by atoms with E-state index >= 15 is 0 Å². The van der Waals surface area contributed by atoms with Crippen molar-refractivity contribution in [3.63, 3.8) is 0 Å². The van der Waals surface area contributed by atoms with Gasteiger partial charge in [-0.05, 0) is 26.8 Å². The molecule has 0 spiro atoms. The second-order valence-corrected chi connectivity index (χ2v) is 6.37. The van der Waals surface area contributed by atoms with Crippen LogP contribution in [0, 0.1) is 12.3 Å². The second-order valence-electron chi connectivity index (χ2n) is 6.37. The molecule has 5 heteroatoms. The number of aryl methyl sites for hydroxylation is 1. The van der Waals surface area contributed by atoms with Gasteiger partial charge in [-0.1, -0.05) is 35.0 Å². The highest BCUT2D eigenvalue weighted by Gasteiger charge is 2.40. The molecular weight excluding hydrogens is 280 g/mol. The molecule has 1 unspecified atom stereocenters. The molecule has 0 radical (unpaired) electrons. The van der Waals surface area contributed by atoms with Crippen LogP contribution in [0.4, 0.5) is 0 Å². The van der Waals surface area contributed by atoms with Crippen LogP contribution in [0.25, 0.3) is 11.3 Å². The molecule has 5 nitrogen and oxygen atoms in total. The number of carboxylic acids is 1. The normalized spacial score (nSPS) is 22.1. The van der Waals surface area contributed by atoms with E-state index in [4.69, 9.17) is 4.52 Å². The van der Waals surface area contributed by atoms with Crippen molar-refractivity contribution in [3.05, 3.63) is 41.7 Å². The van der Waals surface area contributed by atoms with Gasteiger partial charge >= 0.3 is 5.97 Å². The predicted octanol–water partition coefficient (Wildman–Crippen LogP) is 2.95. The number of nitrogens with zero attached hydrogens (tertiary/aromatic N) is 2. The van der Waals surface area contributed by atoms with Gasteiger partial charge in [0.2, 0.25) is 0 Å². The highest BCUT2D eigenvalue weighted by molar-refractivity contribution is 5.74. The summed E-state index contributed by atoms with van der Waals surface area (Å²) in [6.45, 7) is 5.76. The van der Waals surface area contributed by atoms with Gasteiger partial charge in [0.25, 0.3) is 0 Å². The lowest BCUT2D eigenvalue weighted by Gasteiger charge is -2.18. The van der Waals surface area contributed by atoms with E-state index in [0.29, 0.717) is 19.5 Å². The molecule has 2 heterocycles. The average molecular weight is 300 g/mol. The summed E-state index contributed by atoms with van der Waals surface area (Å²) in [5.41, 5.74) is 2.39. The quantitative estimate of drug-likeness (QED) is 0.940. The molecule has 0 amide bonds. The van der Waals surface area contributed by atoms with Crippen LogP contribution in [0.15, 0.2) is 34.9 Å². The van der Waals surface area contributed by atoms with Gasteiger partial charge in [-0.3, -0.25) is 9.69 Å². The Morgan fingerprint density at radius 3 is 2.77 bits per heavy atom. The Balaban J connectivity index is 1.68. The summed E-state index contributed by atoms with van der Waals surface area (Å²) in [5, 5.41) is 13.4. The third kappa shape index (κ3) is 2.90. The minimum absolute atomic E-state index is 0.545. The van der Waals surface area contributed by atoms with E-state index in [9.17, 15) is 9.90 Å². The summed E-state index contributed by atoms with van der Waals surface area (Å²) < 4.78 is 5.40. The van der Waals surface area contributed by atoms with E-state index in [1.807, 2.05) is 37.3 Å². The molecule has 1 fully saturated rings. The van der Waals surface area contributed by atoms with Crippen molar-refractivity contribution in [3.8, 4) is 11.3 Å². The molecule has 1 saturated heterocycles. The zero-order valence-electron chi connectivity index (χ0n) is 12.9. The molecule has 2 aromatic rings. The highest BCUT2D eigenvalue weighted by atomic mass is 16.5. The molecule has 22 heavy (non-hydrogen) atoms. The molecule has 1 aliphatic heterocycles. The number of likely N-dealkylation sites (tertiary alicyclic amines) is 1. The van der Waals surface area contributed by atoms with Crippen LogP contribution in [-0.4, -0.2) is 34.2 Å². The van der Waals surface area contributed by atoms with Crippen molar-refractivity contribution in [1.29, 1.82) is 0 Å².